The van der Waals surface area contributed by atoms with Gasteiger partial charge in [-0.3, -0.25) is 4.79 Å². The third-order valence-electron chi connectivity index (χ3n) is 4.36. The maximum atomic E-state index is 12.6. The van der Waals surface area contributed by atoms with Gasteiger partial charge in [-0.2, -0.15) is 4.31 Å². The molecular weight excluding hydrogens is 373 g/mol. The number of carbonyl (C=O) groups is 1. The van der Waals surface area contributed by atoms with E-state index in [0.717, 1.165) is 19.4 Å². The number of amides is 1. The Morgan fingerprint density at radius 2 is 1.75 bits per heavy atom. The van der Waals surface area contributed by atoms with E-state index >= 15 is 0 Å². The molecule has 1 amide bonds. The SMILES string of the molecule is Cl.O=C(C1CCCN1)N1CCN(S(=O)(=O)c2ccc(Cl)cc2)CC1. The second-order valence-electron chi connectivity index (χ2n) is 5.83. The molecule has 9 heteroatoms. The van der Waals surface area contributed by atoms with Gasteiger partial charge < -0.3 is 10.2 Å². The molecule has 0 radical (unpaired) electrons. The van der Waals surface area contributed by atoms with E-state index in [1.807, 2.05) is 0 Å². The van der Waals surface area contributed by atoms with Crippen LogP contribution in [0.15, 0.2) is 29.2 Å². The Bertz CT molecular complexity index is 668. The number of halogens is 2. The zero-order valence-corrected chi connectivity index (χ0v) is 15.5. The van der Waals surface area contributed by atoms with Crippen LogP contribution in [0.25, 0.3) is 0 Å². The largest absolute Gasteiger partial charge is 0.339 e. The highest BCUT2D eigenvalue weighted by Gasteiger charge is 2.33. The molecule has 2 saturated heterocycles. The van der Waals surface area contributed by atoms with Gasteiger partial charge in [0.2, 0.25) is 15.9 Å². The molecule has 0 spiro atoms. The number of sulfonamides is 1. The highest BCUT2D eigenvalue weighted by Crippen LogP contribution is 2.20. The summed E-state index contributed by atoms with van der Waals surface area (Å²) in [4.78, 5) is 14.3. The first-order valence-corrected chi connectivity index (χ1v) is 9.58. The monoisotopic (exact) mass is 393 g/mol. The summed E-state index contributed by atoms with van der Waals surface area (Å²) in [6.07, 6.45) is 1.88. The first-order valence-electron chi connectivity index (χ1n) is 7.76. The minimum atomic E-state index is -3.53. The number of carbonyl (C=O) groups excluding carboxylic acids is 1. The van der Waals surface area contributed by atoms with Gasteiger partial charge in [-0.25, -0.2) is 8.42 Å². The van der Waals surface area contributed by atoms with Crippen molar-refractivity contribution in [1.82, 2.24) is 14.5 Å². The Morgan fingerprint density at radius 3 is 2.29 bits per heavy atom. The van der Waals surface area contributed by atoms with Gasteiger partial charge in [0.25, 0.3) is 0 Å². The molecule has 134 valence electrons. The van der Waals surface area contributed by atoms with Crippen LogP contribution in [0, 0.1) is 0 Å². The van der Waals surface area contributed by atoms with E-state index in [4.69, 9.17) is 11.6 Å². The summed E-state index contributed by atoms with van der Waals surface area (Å²) < 4.78 is 26.6. The molecule has 1 atom stereocenters. The first kappa shape index (κ1) is 19.5. The Balaban J connectivity index is 0.00000208. The Hall–Kier alpha value is -0.860. The van der Waals surface area contributed by atoms with Crippen molar-refractivity contribution >= 4 is 39.9 Å². The third-order valence-corrected chi connectivity index (χ3v) is 6.52. The average molecular weight is 394 g/mol. The predicted octanol–water partition coefficient (Wildman–Crippen LogP) is 1.35. The second-order valence-corrected chi connectivity index (χ2v) is 8.21. The van der Waals surface area contributed by atoms with Crippen molar-refractivity contribution in [3.8, 4) is 0 Å². The summed E-state index contributed by atoms with van der Waals surface area (Å²) in [5.74, 6) is 0.0889. The number of hydrogen-bond donors (Lipinski definition) is 1. The summed E-state index contributed by atoms with van der Waals surface area (Å²) in [5.41, 5.74) is 0. The number of nitrogens with one attached hydrogen (secondary N) is 1. The third kappa shape index (κ3) is 4.03. The standard InChI is InChI=1S/C15H20ClN3O3S.ClH/c16-12-3-5-13(6-4-12)23(21,22)19-10-8-18(9-11-19)15(20)14-2-1-7-17-14;/h3-6,14,17H,1-2,7-11H2;1H. The lowest BCUT2D eigenvalue weighted by atomic mass is 10.2. The minimum Gasteiger partial charge on any atom is -0.339 e. The van der Waals surface area contributed by atoms with E-state index in [0.29, 0.717) is 31.2 Å². The smallest absolute Gasteiger partial charge is 0.243 e. The van der Waals surface area contributed by atoms with Crippen molar-refractivity contribution in [3.63, 3.8) is 0 Å². The molecule has 2 fully saturated rings. The van der Waals surface area contributed by atoms with Crippen LogP contribution in [0.3, 0.4) is 0 Å². The molecule has 2 aliphatic rings. The molecule has 1 unspecified atom stereocenters. The molecule has 1 N–H and O–H groups in total. The van der Waals surface area contributed by atoms with Crippen LogP contribution in [0.4, 0.5) is 0 Å². The fourth-order valence-corrected chi connectivity index (χ4v) is 4.57. The summed E-state index contributed by atoms with van der Waals surface area (Å²) >= 11 is 5.81. The number of benzene rings is 1. The molecule has 1 aromatic carbocycles. The van der Waals surface area contributed by atoms with Crippen LogP contribution < -0.4 is 5.32 Å². The Kier molecular flexibility index (Phi) is 6.50. The Labute approximate surface area is 153 Å². The van der Waals surface area contributed by atoms with Gasteiger partial charge in [0.15, 0.2) is 0 Å². The van der Waals surface area contributed by atoms with Crippen LogP contribution in [0.1, 0.15) is 12.8 Å². The van der Waals surface area contributed by atoms with E-state index in [1.54, 1.807) is 17.0 Å². The molecule has 0 aliphatic carbocycles. The molecular formula is C15H21Cl2N3O3S. The highest BCUT2D eigenvalue weighted by molar-refractivity contribution is 7.89. The molecule has 0 bridgehead atoms. The van der Waals surface area contributed by atoms with E-state index in [-0.39, 0.29) is 29.3 Å². The lowest BCUT2D eigenvalue weighted by Crippen LogP contribution is -2.54. The van der Waals surface area contributed by atoms with Crippen LogP contribution in [-0.2, 0) is 14.8 Å². The van der Waals surface area contributed by atoms with Gasteiger partial charge in [-0.15, -0.1) is 12.4 Å². The van der Waals surface area contributed by atoms with Crippen molar-refractivity contribution in [2.24, 2.45) is 0 Å². The fraction of sp³-hybridized carbons (Fsp3) is 0.533. The summed E-state index contributed by atoms with van der Waals surface area (Å²) in [7, 11) is -3.53. The zero-order chi connectivity index (χ0) is 16.4. The van der Waals surface area contributed by atoms with Gasteiger partial charge in [0.1, 0.15) is 0 Å². The molecule has 2 aliphatic heterocycles. The lowest BCUT2D eigenvalue weighted by molar-refractivity contribution is -0.134. The second kappa shape index (κ2) is 8.01. The quantitative estimate of drug-likeness (QED) is 0.840. The highest BCUT2D eigenvalue weighted by atomic mass is 35.5. The van der Waals surface area contributed by atoms with Crippen molar-refractivity contribution in [3.05, 3.63) is 29.3 Å². The topological polar surface area (TPSA) is 69.7 Å². The summed E-state index contributed by atoms with van der Waals surface area (Å²) in [6, 6.07) is 6.06. The fourth-order valence-electron chi connectivity index (χ4n) is 3.02. The Morgan fingerprint density at radius 1 is 1.12 bits per heavy atom. The number of nitrogens with zero attached hydrogens (tertiary/aromatic N) is 2. The molecule has 2 heterocycles. The molecule has 0 aromatic heterocycles. The predicted molar refractivity (Wildman–Crippen MR) is 95.1 cm³/mol. The van der Waals surface area contributed by atoms with Crippen LogP contribution in [-0.4, -0.2) is 62.3 Å². The van der Waals surface area contributed by atoms with Crippen molar-refractivity contribution < 1.29 is 13.2 Å². The van der Waals surface area contributed by atoms with Crippen molar-refractivity contribution in [2.45, 2.75) is 23.8 Å². The number of piperazine rings is 1. The molecule has 1 aromatic rings. The summed E-state index contributed by atoms with van der Waals surface area (Å²) in [5, 5.41) is 3.69. The van der Waals surface area contributed by atoms with E-state index < -0.39 is 10.0 Å². The van der Waals surface area contributed by atoms with Crippen LogP contribution >= 0.6 is 24.0 Å². The van der Waals surface area contributed by atoms with Gasteiger partial charge in [-0.1, -0.05) is 11.6 Å². The zero-order valence-electron chi connectivity index (χ0n) is 13.2. The molecule has 3 rings (SSSR count). The van der Waals surface area contributed by atoms with Crippen LogP contribution in [0.5, 0.6) is 0 Å². The maximum Gasteiger partial charge on any atom is 0.243 e. The average Bonchev–Trinajstić information content (AvgIpc) is 3.09. The van der Waals surface area contributed by atoms with Gasteiger partial charge in [0, 0.05) is 31.2 Å². The lowest BCUT2D eigenvalue weighted by Gasteiger charge is -2.35. The normalized spacial score (nSPS) is 22.2. The van der Waals surface area contributed by atoms with Crippen molar-refractivity contribution in [2.75, 3.05) is 32.7 Å². The van der Waals surface area contributed by atoms with E-state index in [9.17, 15) is 13.2 Å². The molecule has 6 nitrogen and oxygen atoms in total. The minimum absolute atomic E-state index is 0. The summed E-state index contributed by atoms with van der Waals surface area (Å²) in [6.45, 7) is 2.39. The van der Waals surface area contributed by atoms with Gasteiger partial charge in [-0.05, 0) is 43.7 Å². The number of rotatable bonds is 3. The first-order chi connectivity index (χ1) is 11.0. The van der Waals surface area contributed by atoms with Gasteiger partial charge >= 0.3 is 0 Å². The van der Waals surface area contributed by atoms with Gasteiger partial charge in [0.05, 0.1) is 10.9 Å². The number of hydrogen-bond acceptors (Lipinski definition) is 4. The van der Waals surface area contributed by atoms with E-state index in [1.165, 1.54) is 16.4 Å². The maximum absolute atomic E-state index is 12.6. The van der Waals surface area contributed by atoms with Crippen LogP contribution in [0.2, 0.25) is 5.02 Å². The van der Waals surface area contributed by atoms with E-state index in [2.05, 4.69) is 5.32 Å². The molecule has 24 heavy (non-hydrogen) atoms. The van der Waals surface area contributed by atoms with Crippen molar-refractivity contribution in [1.29, 1.82) is 0 Å². The molecule has 0 saturated carbocycles.